The molecular weight excluding hydrogens is 508 g/mol. The van der Waals surface area contributed by atoms with E-state index in [9.17, 15) is 18.4 Å². The molecule has 4 aromatic rings. The SMILES string of the molecule is C=C.CC(=O)Nc1cccc(-n2c(NC(=O)c3ccc(C(F)F)s3)nc3cc(CN4CCCC4)ccc32)c1. The zero-order chi connectivity index (χ0) is 27.2. The summed E-state index contributed by atoms with van der Waals surface area (Å²) in [5, 5.41) is 5.57. The number of thiophene rings is 1. The second kappa shape index (κ2) is 12.1. The van der Waals surface area contributed by atoms with Crippen LogP contribution >= 0.6 is 11.3 Å². The molecule has 2 aromatic heterocycles. The quantitative estimate of drug-likeness (QED) is 0.259. The van der Waals surface area contributed by atoms with E-state index in [1.54, 1.807) is 22.8 Å². The number of hydrogen-bond acceptors (Lipinski definition) is 5. The summed E-state index contributed by atoms with van der Waals surface area (Å²) >= 11 is 0.754. The van der Waals surface area contributed by atoms with Gasteiger partial charge in [0, 0.05) is 19.2 Å². The lowest BCUT2D eigenvalue weighted by Crippen LogP contribution is -2.18. The van der Waals surface area contributed by atoms with Crippen molar-refractivity contribution < 1.29 is 18.4 Å². The Morgan fingerprint density at radius 3 is 2.50 bits per heavy atom. The topological polar surface area (TPSA) is 79.3 Å². The summed E-state index contributed by atoms with van der Waals surface area (Å²) in [4.78, 5) is 31.6. The van der Waals surface area contributed by atoms with Crippen molar-refractivity contribution in [2.45, 2.75) is 32.7 Å². The largest absolute Gasteiger partial charge is 0.326 e. The van der Waals surface area contributed by atoms with Gasteiger partial charge in [0.15, 0.2) is 0 Å². The van der Waals surface area contributed by atoms with Crippen LogP contribution in [0.1, 0.15) is 46.3 Å². The summed E-state index contributed by atoms with van der Waals surface area (Å²) in [5.41, 5.74) is 3.88. The third-order valence-electron chi connectivity index (χ3n) is 6.04. The maximum atomic E-state index is 13.0. The van der Waals surface area contributed by atoms with Crippen LogP contribution in [0.2, 0.25) is 0 Å². The number of aromatic nitrogens is 2. The molecule has 0 aliphatic carbocycles. The third-order valence-corrected chi connectivity index (χ3v) is 7.13. The number of carbonyl (C=O) groups is 2. The molecule has 38 heavy (non-hydrogen) atoms. The molecule has 0 saturated carbocycles. The number of amides is 2. The highest BCUT2D eigenvalue weighted by atomic mass is 32.1. The molecule has 1 saturated heterocycles. The fourth-order valence-corrected chi connectivity index (χ4v) is 5.21. The summed E-state index contributed by atoms with van der Waals surface area (Å²) < 4.78 is 27.9. The lowest BCUT2D eigenvalue weighted by molar-refractivity contribution is -0.114. The van der Waals surface area contributed by atoms with Crippen molar-refractivity contribution in [3.8, 4) is 5.69 Å². The molecule has 1 aliphatic rings. The Bertz CT molecular complexity index is 1440. The number of nitrogens with one attached hydrogen (secondary N) is 2. The molecule has 2 N–H and O–H groups in total. The molecule has 1 fully saturated rings. The highest BCUT2D eigenvalue weighted by Gasteiger charge is 2.20. The summed E-state index contributed by atoms with van der Waals surface area (Å²) in [6.45, 7) is 10.4. The van der Waals surface area contributed by atoms with Crippen LogP contribution in [0.25, 0.3) is 16.7 Å². The van der Waals surface area contributed by atoms with E-state index in [1.165, 1.54) is 31.9 Å². The van der Waals surface area contributed by atoms with Gasteiger partial charge in [-0.3, -0.25) is 24.4 Å². The first kappa shape index (κ1) is 27.2. The number of halogens is 2. The predicted molar refractivity (Wildman–Crippen MR) is 148 cm³/mol. The van der Waals surface area contributed by atoms with Gasteiger partial charge in [0.1, 0.15) is 0 Å². The Morgan fingerprint density at radius 2 is 1.82 bits per heavy atom. The Kier molecular flexibility index (Phi) is 8.65. The molecule has 0 radical (unpaired) electrons. The third kappa shape index (κ3) is 6.15. The number of fused-ring (bicyclic) bond motifs is 1. The van der Waals surface area contributed by atoms with Crippen LogP contribution in [0.5, 0.6) is 0 Å². The first-order valence-corrected chi connectivity index (χ1v) is 13.0. The highest BCUT2D eigenvalue weighted by molar-refractivity contribution is 7.14. The first-order valence-electron chi connectivity index (χ1n) is 12.2. The second-order valence-corrected chi connectivity index (χ2v) is 9.88. The van der Waals surface area contributed by atoms with Crippen LogP contribution in [-0.4, -0.2) is 39.4 Å². The zero-order valence-corrected chi connectivity index (χ0v) is 21.9. The van der Waals surface area contributed by atoms with Crippen molar-refractivity contribution in [3.63, 3.8) is 0 Å². The number of imidazole rings is 1. The van der Waals surface area contributed by atoms with Crippen LogP contribution in [0.15, 0.2) is 67.8 Å². The van der Waals surface area contributed by atoms with Crippen LogP contribution in [0, 0.1) is 0 Å². The zero-order valence-electron chi connectivity index (χ0n) is 21.0. The van der Waals surface area contributed by atoms with Gasteiger partial charge in [-0.15, -0.1) is 24.5 Å². The van der Waals surface area contributed by atoms with Gasteiger partial charge in [-0.05, 0) is 74.0 Å². The number of alkyl halides is 2. The number of nitrogens with zero attached hydrogens (tertiary/aromatic N) is 3. The normalized spacial score (nSPS) is 13.4. The van der Waals surface area contributed by atoms with Gasteiger partial charge in [-0.2, -0.15) is 0 Å². The van der Waals surface area contributed by atoms with Crippen molar-refractivity contribution in [1.82, 2.24) is 14.5 Å². The summed E-state index contributed by atoms with van der Waals surface area (Å²) in [6, 6.07) is 15.9. The Hall–Kier alpha value is -3.89. The molecule has 198 valence electrons. The van der Waals surface area contributed by atoms with Gasteiger partial charge in [-0.1, -0.05) is 12.1 Å². The van der Waals surface area contributed by atoms with Crippen molar-refractivity contribution in [3.05, 3.63) is 83.1 Å². The van der Waals surface area contributed by atoms with E-state index in [2.05, 4.69) is 34.8 Å². The second-order valence-electron chi connectivity index (χ2n) is 8.77. The van der Waals surface area contributed by atoms with Gasteiger partial charge in [0.25, 0.3) is 12.3 Å². The molecule has 3 heterocycles. The minimum absolute atomic E-state index is 0.164. The smallest absolute Gasteiger partial charge is 0.272 e. The van der Waals surface area contributed by atoms with E-state index in [-0.39, 0.29) is 21.6 Å². The molecule has 0 bridgehead atoms. The number of likely N-dealkylation sites (tertiary alicyclic amines) is 1. The molecule has 7 nitrogen and oxygen atoms in total. The van der Waals surface area contributed by atoms with E-state index in [0.29, 0.717) is 16.9 Å². The van der Waals surface area contributed by atoms with Crippen molar-refractivity contribution >= 4 is 45.8 Å². The summed E-state index contributed by atoms with van der Waals surface area (Å²) in [6.07, 6.45) is -0.229. The number of carbonyl (C=O) groups excluding carboxylic acids is 2. The van der Waals surface area contributed by atoms with E-state index >= 15 is 0 Å². The fourth-order valence-electron chi connectivity index (χ4n) is 4.45. The first-order chi connectivity index (χ1) is 18.4. The monoisotopic (exact) mass is 537 g/mol. The Balaban J connectivity index is 0.00000164. The predicted octanol–water partition coefficient (Wildman–Crippen LogP) is 6.63. The van der Waals surface area contributed by atoms with Crippen molar-refractivity contribution in [2.24, 2.45) is 0 Å². The van der Waals surface area contributed by atoms with Crippen LogP contribution in [0.4, 0.5) is 20.4 Å². The molecule has 0 unspecified atom stereocenters. The van der Waals surface area contributed by atoms with Crippen molar-refractivity contribution in [2.75, 3.05) is 23.7 Å². The molecular formula is C28H29F2N5O2S. The lowest BCUT2D eigenvalue weighted by Gasteiger charge is -2.14. The highest BCUT2D eigenvalue weighted by Crippen LogP contribution is 2.30. The van der Waals surface area contributed by atoms with E-state index in [4.69, 9.17) is 4.98 Å². The Labute approximate surface area is 223 Å². The van der Waals surface area contributed by atoms with E-state index < -0.39 is 12.3 Å². The van der Waals surface area contributed by atoms with Crippen LogP contribution in [0.3, 0.4) is 0 Å². The van der Waals surface area contributed by atoms with Crippen molar-refractivity contribution in [1.29, 1.82) is 0 Å². The average Bonchev–Trinajstić information content (AvgIpc) is 3.65. The van der Waals surface area contributed by atoms with Crippen LogP contribution < -0.4 is 10.6 Å². The van der Waals surface area contributed by atoms with Gasteiger partial charge >= 0.3 is 0 Å². The van der Waals surface area contributed by atoms with Crippen LogP contribution in [-0.2, 0) is 11.3 Å². The van der Waals surface area contributed by atoms with E-state index in [0.717, 1.165) is 42.1 Å². The molecule has 0 spiro atoms. The average molecular weight is 538 g/mol. The number of benzene rings is 2. The number of rotatable bonds is 7. The van der Waals surface area contributed by atoms with Gasteiger partial charge in [-0.25, -0.2) is 13.8 Å². The summed E-state index contributed by atoms with van der Waals surface area (Å²) in [5.74, 6) is -0.450. The molecule has 2 amide bonds. The number of anilines is 2. The van der Waals surface area contributed by atoms with E-state index in [1.807, 2.05) is 18.2 Å². The lowest BCUT2D eigenvalue weighted by atomic mass is 10.2. The molecule has 2 aromatic carbocycles. The standard InChI is InChI=1S/C26H25F2N5O2S.C2H4/c1-16(34)29-18-5-4-6-19(14-18)33-21-8-7-17(15-32-11-2-3-12-32)13-20(21)30-26(33)31-25(35)23-10-9-22(36-23)24(27)28;1-2/h4-10,13-14,24H,2-3,11-12,15H2,1H3,(H,29,34)(H,30,31,35);1-2H2. The molecule has 10 heteroatoms. The Morgan fingerprint density at radius 1 is 1.05 bits per heavy atom. The van der Waals surface area contributed by atoms with Gasteiger partial charge in [0.2, 0.25) is 11.9 Å². The van der Waals surface area contributed by atoms with Gasteiger partial charge < -0.3 is 5.32 Å². The molecule has 0 atom stereocenters. The summed E-state index contributed by atoms with van der Waals surface area (Å²) in [7, 11) is 0. The van der Waals surface area contributed by atoms with Gasteiger partial charge in [0.05, 0.1) is 26.5 Å². The maximum absolute atomic E-state index is 13.0. The minimum atomic E-state index is -2.63. The molecule has 1 aliphatic heterocycles. The minimum Gasteiger partial charge on any atom is -0.326 e. The fraction of sp³-hybridized carbons (Fsp3) is 0.250. The number of hydrogen-bond donors (Lipinski definition) is 2. The molecule has 5 rings (SSSR count). The maximum Gasteiger partial charge on any atom is 0.272 e.